The first-order valence-corrected chi connectivity index (χ1v) is 6.32. The summed E-state index contributed by atoms with van der Waals surface area (Å²) in [5.74, 6) is 1.20. The van der Waals surface area contributed by atoms with Crippen LogP contribution in [0.25, 0.3) is 10.9 Å². The largest absolute Gasteiger partial charge is 0.278 e. The molecule has 1 aromatic carbocycles. The molecule has 0 amide bonds. The number of nitrogens with zero attached hydrogens (tertiary/aromatic N) is 1. The van der Waals surface area contributed by atoms with Crippen molar-refractivity contribution in [1.29, 1.82) is 0 Å². The van der Waals surface area contributed by atoms with Gasteiger partial charge in [-0.1, -0.05) is 46.8 Å². The van der Waals surface area contributed by atoms with Gasteiger partial charge in [-0.15, -0.1) is 0 Å². The third-order valence-electron chi connectivity index (χ3n) is 3.42. The van der Waals surface area contributed by atoms with Gasteiger partial charge in [0.1, 0.15) is 0 Å². The minimum absolute atomic E-state index is 0.280. The molecule has 1 heterocycles. The fourth-order valence-corrected chi connectivity index (χ4v) is 3.03. The molecule has 0 saturated carbocycles. The van der Waals surface area contributed by atoms with Crippen molar-refractivity contribution in [3.8, 4) is 0 Å². The monoisotopic (exact) mass is 230 g/mol. The van der Waals surface area contributed by atoms with Gasteiger partial charge < -0.3 is 0 Å². The number of aromatic amines is 1. The van der Waals surface area contributed by atoms with Crippen LogP contribution in [0.1, 0.15) is 46.1 Å². The van der Waals surface area contributed by atoms with Gasteiger partial charge in [0, 0.05) is 5.39 Å². The predicted octanol–water partition coefficient (Wildman–Crippen LogP) is 4.35. The third kappa shape index (κ3) is 2.36. The van der Waals surface area contributed by atoms with Crippen LogP contribution in [-0.4, -0.2) is 10.2 Å². The Morgan fingerprint density at radius 2 is 1.88 bits per heavy atom. The van der Waals surface area contributed by atoms with E-state index in [1.807, 2.05) is 6.20 Å². The van der Waals surface area contributed by atoms with Gasteiger partial charge in [-0.25, -0.2) is 0 Å². The first kappa shape index (κ1) is 12.2. The molecule has 2 aromatic rings. The molecule has 2 heteroatoms. The second-order valence-corrected chi connectivity index (χ2v) is 6.30. The fraction of sp³-hybridized carbons (Fsp3) is 0.533. The van der Waals surface area contributed by atoms with Crippen molar-refractivity contribution in [1.82, 2.24) is 10.2 Å². The van der Waals surface area contributed by atoms with E-state index in [2.05, 4.69) is 63.0 Å². The summed E-state index contributed by atoms with van der Waals surface area (Å²) in [5, 5.41) is 8.32. The Labute approximate surface area is 103 Å². The molecule has 2 nitrogen and oxygen atoms in total. The highest BCUT2D eigenvalue weighted by molar-refractivity contribution is 5.78. The molecule has 0 aliphatic rings. The van der Waals surface area contributed by atoms with Crippen molar-refractivity contribution in [2.24, 2.45) is 11.3 Å². The second-order valence-electron chi connectivity index (χ2n) is 6.30. The Bertz CT molecular complexity index is 503. The Morgan fingerprint density at radius 1 is 1.18 bits per heavy atom. The molecule has 1 unspecified atom stereocenters. The first-order chi connectivity index (χ1) is 7.89. The summed E-state index contributed by atoms with van der Waals surface area (Å²) >= 11 is 0. The summed E-state index contributed by atoms with van der Waals surface area (Å²) in [6.07, 6.45) is 1.88. The van der Waals surface area contributed by atoms with E-state index in [9.17, 15) is 0 Å². The number of nitrogens with one attached hydrogen (secondary N) is 1. The van der Waals surface area contributed by atoms with Gasteiger partial charge in [0.05, 0.1) is 11.7 Å². The van der Waals surface area contributed by atoms with Gasteiger partial charge in [0.25, 0.3) is 0 Å². The van der Waals surface area contributed by atoms with Gasteiger partial charge in [-0.05, 0) is 28.9 Å². The van der Waals surface area contributed by atoms with Crippen molar-refractivity contribution < 1.29 is 0 Å². The van der Waals surface area contributed by atoms with Crippen molar-refractivity contribution in [3.63, 3.8) is 0 Å². The summed E-state index contributed by atoms with van der Waals surface area (Å²) in [5.41, 5.74) is 2.82. The molecule has 0 fully saturated rings. The zero-order valence-electron chi connectivity index (χ0n) is 11.4. The normalized spacial score (nSPS) is 14.5. The zero-order valence-corrected chi connectivity index (χ0v) is 11.4. The Hall–Kier alpha value is -1.31. The minimum Gasteiger partial charge on any atom is -0.278 e. The Kier molecular flexibility index (Phi) is 2.98. The maximum Gasteiger partial charge on any atom is 0.0653 e. The molecule has 0 radical (unpaired) electrons. The van der Waals surface area contributed by atoms with Gasteiger partial charge in [0.2, 0.25) is 0 Å². The summed E-state index contributed by atoms with van der Waals surface area (Å²) in [6, 6.07) is 6.65. The van der Waals surface area contributed by atoms with Crippen LogP contribution in [0, 0.1) is 11.3 Å². The van der Waals surface area contributed by atoms with E-state index >= 15 is 0 Å². The standard InChI is InChI=1S/C15H22N2/c1-10(2)14(15(3,4)5)11-6-7-12-9-16-17-13(12)8-11/h6-10,14H,1-5H3,(H,16,17). The summed E-state index contributed by atoms with van der Waals surface area (Å²) in [4.78, 5) is 0. The number of hydrogen-bond donors (Lipinski definition) is 1. The molecule has 1 N–H and O–H groups in total. The second kappa shape index (κ2) is 4.17. The SMILES string of the molecule is CC(C)C(c1ccc2cn[nH]c2c1)C(C)(C)C. The van der Waals surface area contributed by atoms with E-state index in [0.717, 1.165) is 5.52 Å². The Balaban J connectivity index is 2.48. The Morgan fingerprint density at radius 3 is 2.47 bits per heavy atom. The first-order valence-electron chi connectivity index (χ1n) is 6.32. The lowest BCUT2D eigenvalue weighted by Crippen LogP contribution is -2.23. The molecular weight excluding hydrogens is 208 g/mol. The van der Waals surface area contributed by atoms with Crippen molar-refractivity contribution in [2.75, 3.05) is 0 Å². The number of benzene rings is 1. The summed E-state index contributed by atoms with van der Waals surface area (Å²) in [6.45, 7) is 11.5. The van der Waals surface area contributed by atoms with Crippen LogP contribution in [0.2, 0.25) is 0 Å². The molecular formula is C15H22N2. The molecule has 0 saturated heterocycles. The van der Waals surface area contributed by atoms with E-state index in [1.165, 1.54) is 10.9 Å². The number of hydrogen-bond acceptors (Lipinski definition) is 1. The average molecular weight is 230 g/mol. The van der Waals surface area contributed by atoms with Gasteiger partial charge >= 0.3 is 0 Å². The van der Waals surface area contributed by atoms with E-state index in [0.29, 0.717) is 11.8 Å². The molecule has 0 spiro atoms. The molecule has 17 heavy (non-hydrogen) atoms. The van der Waals surface area contributed by atoms with Crippen LogP contribution in [-0.2, 0) is 0 Å². The lowest BCUT2D eigenvalue weighted by atomic mass is 9.70. The molecule has 92 valence electrons. The molecule has 1 aromatic heterocycles. The maximum absolute atomic E-state index is 4.08. The summed E-state index contributed by atoms with van der Waals surface area (Å²) < 4.78 is 0. The fourth-order valence-electron chi connectivity index (χ4n) is 3.03. The molecule has 2 rings (SSSR count). The topological polar surface area (TPSA) is 28.7 Å². The molecule has 0 aliphatic heterocycles. The zero-order chi connectivity index (χ0) is 12.6. The van der Waals surface area contributed by atoms with E-state index in [4.69, 9.17) is 0 Å². The summed E-state index contributed by atoms with van der Waals surface area (Å²) in [7, 11) is 0. The van der Waals surface area contributed by atoms with Crippen LogP contribution in [0.5, 0.6) is 0 Å². The number of aromatic nitrogens is 2. The lowest BCUT2D eigenvalue weighted by molar-refractivity contribution is 0.258. The minimum atomic E-state index is 0.280. The quantitative estimate of drug-likeness (QED) is 0.816. The van der Waals surface area contributed by atoms with Crippen LogP contribution < -0.4 is 0 Å². The van der Waals surface area contributed by atoms with Gasteiger partial charge in [0.15, 0.2) is 0 Å². The number of rotatable bonds is 2. The number of fused-ring (bicyclic) bond motifs is 1. The number of H-pyrrole nitrogens is 1. The maximum atomic E-state index is 4.08. The molecule has 0 bridgehead atoms. The van der Waals surface area contributed by atoms with E-state index in [1.54, 1.807) is 0 Å². The van der Waals surface area contributed by atoms with Crippen molar-refractivity contribution in [2.45, 2.75) is 40.5 Å². The van der Waals surface area contributed by atoms with Crippen LogP contribution in [0.4, 0.5) is 0 Å². The van der Waals surface area contributed by atoms with Gasteiger partial charge in [-0.3, -0.25) is 5.10 Å². The van der Waals surface area contributed by atoms with E-state index < -0.39 is 0 Å². The smallest absolute Gasteiger partial charge is 0.0653 e. The van der Waals surface area contributed by atoms with E-state index in [-0.39, 0.29) is 5.41 Å². The average Bonchev–Trinajstić information content (AvgIpc) is 2.61. The van der Waals surface area contributed by atoms with Gasteiger partial charge in [-0.2, -0.15) is 5.10 Å². The van der Waals surface area contributed by atoms with Crippen molar-refractivity contribution in [3.05, 3.63) is 30.0 Å². The van der Waals surface area contributed by atoms with Crippen LogP contribution in [0.3, 0.4) is 0 Å². The highest BCUT2D eigenvalue weighted by atomic mass is 15.1. The van der Waals surface area contributed by atoms with Crippen LogP contribution >= 0.6 is 0 Å². The highest BCUT2D eigenvalue weighted by Crippen LogP contribution is 2.41. The highest BCUT2D eigenvalue weighted by Gasteiger charge is 2.29. The lowest BCUT2D eigenvalue weighted by Gasteiger charge is -2.34. The third-order valence-corrected chi connectivity index (χ3v) is 3.42. The van der Waals surface area contributed by atoms with Crippen LogP contribution in [0.15, 0.2) is 24.4 Å². The predicted molar refractivity (Wildman–Crippen MR) is 73.1 cm³/mol. The molecule has 0 aliphatic carbocycles. The van der Waals surface area contributed by atoms with Crippen molar-refractivity contribution >= 4 is 10.9 Å². The molecule has 1 atom stereocenters.